The zero-order valence-corrected chi connectivity index (χ0v) is 19.6. The second-order valence-electron chi connectivity index (χ2n) is 10.7. The Labute approximate surface area is 202 Å². The van der Waals surface area contributed by atoms with E-state index in [1.807, 2.05) is 0 Å². The van der Waals surface area contributed by atoms with Gasteiger partial charge in [-0.2, -0.15) is 18.4 Å². The lowest BCUT2D eigenvalue weighted by atomic mass is 9.82. The van der Waals surface area contributed by atoms with E-state index in [9.17, 15) is 28.0 Å². The lowest BCUT2D eigenvalue weighted by Crippen LogP contribution is -2.56. The number of nitriles is 1. The average Bonchev–Trinajstić information content (AvgIpc) is 3.42. The number of likely N-dealkylation sites (tertiary alicyclic amines) is 1. The lowest BCUT2D eigenvalue weighted by molar-refractivity contribution is -0.192. The minimum absolute atomic E-state index is 0.0204. The standard InChI is InChI=1S/C22H32N4O2.C2HF3O2/c23-12-18-8-14-11-19(14)26(18)22(28)20(24)15-9-16-6-7-17(10-15)25(16)21(27)13-4-2-1-3-5-13;3-2(4,5)1(6)7/h13-20H,1-11,24H2;(H,6,7)/t14-,15?,16?,17?,18+,19+,20+;/m1./s1. The van der Waals surface area contributed by atoms with Crippen molar-refractivity contribution in [3.05, 3.63) is 0 Å². The Balaban J connectivity index is 0.000000364. The number of carboxylic acid groups (broad SMARTS) is 1. The van der Waals surface area contributed by atoms with Gasteiger partial charge in [0.1, 0.15) is 6.04 Å². The Hall–Kier alpha value is -2.35. The molecule has 3 heterocycles. The number of alkyl halides is 3. The van der Waals surface area contributed by atoms with E-state index >= 15 is 0 Å². The highest BCUT2D eigenvalue weighted by atomic mass is 19.4. The molecule has 3 N–H and O–H groups in total. The molecule has 0 spiro atoms. The topological polar surface area (TPSA) is 128 Å². The number of amides is 2. The zero-order chi connectivity index (χ0) is 25.5. The molecule has 5 fully saturated rings. The highest BCUT2D eigenvalue weighted by molar-refractivity contribution is 5.84. The van der Waals surface area contributed by atoms with Gasteiger partial charge in [-0.1, -0.05) is 19.3 Å². The first-order valence-corrected chi connectivity index (χ1v) is 12.6. The molecule has 11 heteroatoms. The first kappa shape index (κ1) is 25.7. The maximum absolute atomic E-state index is 13.1. The van der Waals surface area contributed by atoms with Crippen LogP contribution in [0.5, 0.6) is 0 Å². The van der Waals surface area contributed by atoms with Gasteiger partial charge in [-0.3, -0.25) is 9.59 Å². The summed E-state index contributed by atoms with van der Waals surface area (Å²) in [6.45, 7) is 0. The summed E-state index contributed by atoms with van der Waals surface area (Å²) in [5.41, 5.74) is 6.48. The van der Waals surface area contributed by atoms with Crippen molar-refractivity contribution in [1.82, 2.24) is 9.80 Å². The number of carbonyl (C=O) groups is 3. The molecule has 2 unspecified atom stereocenters. The van der Waals surface area contributed by atoms with Crippen LogP contribution in [0, 0.1) is 29.1 Å². The number of piperidine rings is 2. The van der Waals surface area contributed by atoms with E-state index in [1.54, 1.807) is 4.90 Å². The Morgan fingerprint density at radius 3 is 2.03 bits per heavy atom. The molecular weight excluding hydrogens is 465 g/mol. The van der Waals surface area contributed by atoms with Crippen molar-refractivity contribution < 1.29 is 32.7 Å². The molecule has 0 aromatic rings. The predicted molar refractivity (Wildman–Crippen MR) is 117 cm³/mol. The maximum atomic E-state index is 13.1. The van der Waals surface area contributed by atoms with Crippen LogP contribution in [0.3, 0.4) is 0 Å². The van der Waals surface area contributed by atoms with Crippen molar-refractivity contribution in [1.29, 1.82) is 5.26 Å². The van der Waals surface area contributed by atoms with Gasteiger partial charge in [0, 0.05) is 24.0 Å². The number of hydrogen-bond acceptors (Lipinski definition) is 5. The van der Waals surface area contributed by atoms with Crippen molar-refractivity contribution in [2.45, 2.75) is 107 Å². The fraction of sp³-hybridized carbons (Fsp3) is 0.833. The SMILES string of the molecule is N#C[C@@H]1C[C@@H]2C[C@@H]2N1C(=O)[C@@H](N)C1CC2CCC(C1)N2C(=O)C1CCCCC1.O=C(O)C(F)(F)F. The van der Waals surface area contributed by atoms with E-state index in [0.29, 0.717) is 11.8 Å². The van der Waals surface area contributed by atoms with E-state index < -0.39 is 18.2 Å². The molecule has 0 aromatic carbocycles. The van der Waals surface area contributed by atoms with Gasteiger partial charge in [0.05, 0.1) is 12.1 Å². The van der Waals surface area contributed by atoms with E-state index in [1.165, 1.54) is 19.3 Å². The summed E-state index contributed by atoms with van der Waals surface area (Å²) < 4.78 is 31.7. The molecule has 0 aromatic heterocycles. The molecular formula is C24H33F3N4O4. The summed E-state index contributed by atoms with van der Waals surface area (Å²) in [7, 11) is 0. The number of halogens is 3. The zero-order valence-electron chi connectivity index (χ0n) is 19.6. The summed E-state index contributed by atoms with van der Waals surface area (Å²) in [4.78, 5) is 39.2. The second-order valence-corrected chi connectivity index (χ2v) is 10.7. The molecule has 2 amide bonds. The maximum Gasteiger partial charge on any atom is 0.490 e. The fourth-order valence-corrected chi connectivity index (χ4v) is 6.70. The monoisotopic (exact) mass is 498 g/mol. The van der Waals surface area contributed by atoms with Gasteiger partial charge in [0.2, 0.25) is 11.8 Å². The number of nitrogens with zero attached hydrogens (tertiary/aromatic N) is 3. The quantitative estimate of drug-likeness (QED) is 0.616. The van der Waals surface area contributed by atoms with Crippen LogP contribution in [0.15, 0.2) is 0 Å². The van der Waals surface area contributed by atoms with E-state index in [2.05, 4.69) is 11.0 Å². The van der Waals surface area contributed by atoms with Gasteiger partial charge in [-0.15, -0.1) is 0 Å². The molecule has 5 aliphatic rings. The average molecular weight is 499 g/mol. The van der Waals surface area contributed by atoms with Gasteiger partial charge in [0.15, 0.2) is 0 Å². The van der Waals surface area contributed by atoms with Gasteiger partial charge in [-0.05, 0) is 63.2 Å². The van der Waals surface area contributed by atoms with Crippen molar-refractivity contribution >= 4 is 17.8 Å². The minimum Gasteiger partial charge on any atom is -0.475 e. The van der Waals surface area contributed by atoms with E-state index in [-0.39, 0.29) is 41.9 Å². The smallest absolute Gasteiger partial charge is 0.475 e. The third-order valence-electron chi connectivity index (χ3n) is 8.52. The molecule has 194 valence electrons. The molecule has 6 atom stereocenters. The predicted octanol–water partition coefficient (Wildman–Crippen LogP) is 2.81. The van der Waals surface area contributed by atoms with Gasteiger partial charge in [0.25, 0.3) is 0 Å². The molecule has 2 aliphatic carbocycles. The molecule has 0 radical (unpaired) electrons. The number of fused-ring (bicyclic) bond motifs is 3. The van der Waals surface area contributed by atoms with Crippen LogP contribution in [0.2, 0.25) is 0 Å². The largest absolute Gasteiger partial charge is 0.490 e. The summed E-state index contributed by atoms with van der Waals surface area (Å²) in [5, 5.41) is 16.5. The Morgan fingerprint density at radius 2 is 1.51 bits per heavy atom. The van der Waals surface area contributed by atoms with Crippen LogP contribution in [0.4, 0.5) is 13.2 Å². The van der Waals surface area contributed by atoms with Crippen LogP contribution in [0.1, 0.15) is 70.6 Å². The molecule has 2 saturated carbocycles. The van der Waals surface area contributed by atoms with Crippen LogP contribution >= 0.6 is 0 Å². The number of carboxylic acids is 1. The minimum atomic E-state index is -5.08. The molecule has 3 aliphatic heterocycles. The number of rotatable bonds is 3. The summed E-state index contributed by atoms with van der Waals surface area (Å²) >= 11 is 0. The Bertz CT molecular complexity index is 871. The molecule has 2 bridgehead atoms. The van der Waals surface area contributed by atoms with Crippen LogP contribution < -0.4 is 5.73 Å². The van der Waals surface area contributed by atoms with Gasteiger partial charge in [-0.25, -0.2) is 4.79 Å². The van der Waals surface area contributed by atoms with Crippen molar-refractivity contribution in [3.8, 4) is 6.07 Å². The third-order valence-corrected chi connectivity index (χ3v) is 8.52. The second kappa shape index (κ2) is 9.96. The first-order chi connectivity index (χ1) is 16.5. The summed E-state index contributed by atoms with van der Waals surface area (Å²) in [5.74, 6) is -1.53. The molecule has 35 heavy (non-hydrogen) atoms. The summed E-state index contributed by atoms with van der Waals surface area (Å²) in [6, 6.07) is 2.27. The highest BCUT2D eigenvalue weighted by Crippen LogP contribution is 2.48. The number of carbonyl (C=O) groups excluding carboxylic acids is 2. The van der Waals surface area contributed by atoms with Crippen LogP contribution in [0.25, 0.3) is 0 Å². The summed E-state index contributed by atoms with van der Waals surface area (Å²) in [6.07, 6.45) is 6.28. The van der Waals surface area contributed by atoms with Crippen molar-refractivity contribution in [2.75, 3.05) is 0 Å². The van der Waals surface area contributed by atoms with E-state index in [4.69, 9.17) is 15.6 Å². The normalized spacial score (nSPS) is 34.8. The Kier molecular flexibility index (Phi) is 7.32. The van der Waals surface area contributed by atoms with E-state index in [0.717, 1.165) is 51.4 Å². The van der Waals surface area contributed by atoms with Gasteiger partial charge >= 0.3 is 12.1 Å². The van der Waals surface area contributed by atoms with Gasteiger partial charge < -0.3 is 20.6 Å². The van der Waals surface area contributed by atoms with Crippen LogP contribution in [-0.2, 0) is 14.4 Å². The fourth-order valence-electron chi connectivity index (χ4n) is 6.70. The molecule has 3 saturated heterocycles. The van der Waals surface area contributed by atoms with Crippen LogP contribution in [-0.4, -0.2) is 69.1 Å². The molecule has 5 rings (SSSR count). The molecule has 8 nitrogen and oxygen atoms in total. The Morgan fingerprint density at radius 1 is 0.943 bits per heavy atom. The number of nitrogens with two attached hydrogens (primary N) is 1. The van der Waals surface area contributed by atoms with Crippen molar-refractivity contribution in [3.63, 3.8) is 0 Å². The number of aliphatic carboxylic acids is 1. The number of hydrogen-bond donors (Lipinski definition) is 2. The lowest BCUT2D eigenvalue weighted by Gasteiger charge is -2.43. The first-order valence-electron chi connectivity index (χ1n) is 12.6. The highest BCUT2D eigenvalue weighted by Gasteiger charge is 2.56. The van der Waals surface area contributed by atoms with Crippen molar-refractivity contribution in [2.24, 2.45) is 23.5 Å². The third kappa shape index (κ3) is 5.27.